The fourth-order valence-electron chi connectivity index (χ4n) is 1.65. The van der Waals surface area contributed by atoms with E-state index in [9.17, 15) is 9.59 Å². The Labute approximate surface area is 97.7 Å². The van der Waals surface area contributed by atoms with E-state index >= 15 is 0 Å². The maximum absolute atomic E-state index is 11.8. The summed E-state index contributed by atoms with van der Waals surface area (Å²) >= 11 is 0. The van der Waals surface area contributed by atoms with E-state index in [0.717, 1.165) is 5.52 Å². The number of aliphatic carboxylic acids is 1. The molecular formula is C12H12N2O3. The van der Waals surface area contributed by atoms with Crippen LogP contribution in [0.1, 0.15) is 17.3 Å². The van der Waals surface area contributed by atoms with Crippen LogP contribution >= 0.6 is 0 Å². The SMILES string of the molecule is CC(C(=O)O)C(=O)c1ccc2c(c1)ncn2C. The monoisotopic (exact) mass is 232 g/mol. The van der Waals surface area contributed by atoms with Crippen molar-refractivity contribution in [2.75, 3.05) is 0 Å². The van der Waals surface area contributed by atoms with E-state index in [2.05, 4.69) is 4.98 Å². The highest BCUT2D eigenvalue weighted by molar-refractivity contribution is 6.09. The summed E-state index contributed by atoms with van der Waals surface area (Å²) in [6.07, 6.45) is 1.65. The Kier molecular flexibility index (Phi) is 2.67. The molecule has 0 saturated heterocycles. The Morgan fingerprint density at radius 2 is 2.12 bits per heavy atom. The lowest BCUT2D eigenvalue weighted by Gasteiger charge is -2.05. The van der Waals surface area contributed by atoms with Gasteiger partial charge in [-0.25, -0.2) is 4.98 Å². The van der Waals surface area contributed by atoms with E-state index < -0.39 is 17.7 Å². The van der Waals surface area contributed by atoms with Crippen molar-refractivity contribution in [3.63, 3.8) is 0 Å². The summed E-state index contributed by atoms with van der Waals surface area (Å²) in [7, 11) is 1.86. The van der Waals surface area contributed by atoms with Gasteiger partial charge in [-0.15, -0.1) is 0 Å². The number of carboxylic acids is 1. The number of hydrogen-bond donors (Lipinski definition) is 1. The number of aromatic nitrogens is 2. The molecule has 2 aromatic rings. The third-order valence-corrected chi connectivity index (χ3v) is 2.77. The molecule has 0 aliphatic heterocycles. The zero-order valence-electron chi connectivity index (χ0n) is 9.54. The van der Waals surface area contributed by atoms with Crippen molar-refractivity contribution < 1.29 is 14.7 Å². The highest BCUT2D eigenvalue weighted by Gasteiger charge is 2.22. The molecular weight excluding hydrogens is 220 g/mol. The van der Waals surface area contributed by atoms with E-state index in [4.69, 9.17) is 5.11 Å². The Hall–Kier alpha value is -2.17. The second-order valence-corrected chi connectivity index (χ2v) is 3.98. The molecule has 88 valence electrons. The van der Waals surface area contributed by atoms with Gasteiger partial charge in [0, 0.05) is 12.6 Å². The maximum atomic E-state index is 11.8. The summed E-state index contributed by atoms with van der Waals surface area (Å²) in [6, 6.07) is 5.02. The molecule has 2 rings (SSSR count). The summed E-state index contributed by atoms with van der Waals surface area (Å²) < 4.78 is 1.84. The first-order valence-electron chi connectivity index (χ1n) is 5.19. The molecule has 0 saturated carbocycles. The normalized spacial score (nSPS) is 12.6. The van der Waals surface area contributed by atoms with Gasteiger partial charge in [-0.3, -0.25) is 9.59 Å². The summed E-state index contributed by atoms with van der Waals surface area (Å²) in [5.74, 6) is -2.54. The number of fused-ring (bicyclic) bond motifs is 1. The number of carbonyl (C=O) groups excluding carboxylic acids is 1. The molecule has 5 heteroatoms. The third kappa shape index (κ3) is 1.91. The van der Waals surface area contributed by atoms with Crippen LogP contribution in [0, 0.1) is 5.92 Å². The largest absolute Gasteiger partial charge is 0.481 e. The summed E-state index contributed by atoms with van der Waals surface area (Å²) in [5, 5.41) is 8.79. The number of Topliss-reactive ketones (excluding diaryl/α,β-unsaturated/α-hetero) is 1. The number of hydrogen-bond acceptors (Lipinski definition) is 3. The highest BCUT2D eigenvalue weighted by Crippen LogP contribution is 2.16. The van der Waals surface area contributed by atoms with Gasteiger partial charge in [0.2, 0.25) is 0 Å². The zero-order chi connectivity index (χ0) is 12.6. The Morgan fingerprint density at radius 3 is 2.76 bits per heavy atom. The van der Waals surface area contributed by atoms with Gasteiger partial charge in [0.1, 0.15) is 5.92 Å². The number of ketones is 1. The lowest BCUT2D eigenvalue weighted by Crippen LogP contribution is -2.20. The molecule has 5 nitrogen and oxygen atoms in total. The molecule has 1 aromatic carbocycles. The van der Waals surface area contributed by atoms with Crippen molar-refractivity contribution in [3.05, 3.63) is 30.1 Å². The molecule has 0 bridgehead atoms. The van der Waals surface area contributed by atoms with E-state index in [1.54, 1.807) is 24.5 Å². The average Bonchev–Trinajstić information content (AvgIpc) is 2.68. The van der Waals surface area contributed by atoms with Gasteiger partial charge < -0.3 is 9.67 Å². The minimum atomic E-state index is -1.11. The Balaban J connectivity index is 2.43. The van der Waals surface area contributed by atoms with Gasteiger partial charge in [-0.2, -0.15) is 0 Å². The molecule has 1 N–H and O–H groups in total. The molecule has 1 atom stereocenters. The predicted molar refractivity (Wildman–Crippen MR) is 61.8 cm³/mol. The van der Waals surface area contributed by atoms with Crippen LogP contribution in [0.4, 0.5) is 0 Å². The fraction of sp³-hybridized carbons (Fsp3) is 0.250. The van der Waals surface area contributed by atoms with Crippen molar-refractivity contribution >= 4 is 22.8 Å². The van der Waals surface area contributed by atoms with Crippen molar-refractivity contribution in [2.24, 2.45) is 13.0 Å². The van der Waals surface area contributed by atoms with Gasteiger partial charge in [-0.1, -0.05) is 0 Å². The van der Waals surface area contributed by atoms with E-state index in [0.29, 0.717) is 11.1 Å². The van der Waals surface area contributed by atoms with Crippen LogP contribution in [-0.2, 0) is 11.8 Å². The van der Waals surface area contributed by atoms with Crippen molar-refractivity contribution in [3.8, 4) is 0 Å². The first kappa shape index (κ1) is 11.3. The number of aryl methyl sites for hydroxylation is 1. The Bertz CT molecular complexity index is 601. The van der Waals surface area contributed by atoms with Crippen LogP contribution < -0.4 is 0 Å². The minimum Gasteiger partial charge on any atom is -0.481 e. The van der Waals surface area contributed by atoms with Crippen LogP contribution in [0.25, 0.3) is 11.0 Å². The van der Waals surface area contributed by atoms with Crippen LogP contribution in [0.15, 0.2) is 24.5 Å². The Morgan fingerprint density at radius 1 is 1.41 bits per heavy atom. The van der Waals surface area contributed by atoms with E-state index in [1.807, 2.05) is 11.6 Å². The van der Waals surface area contributed by atoms with Crippen molar-refractivity contribution in [1.82, 2.24) is 9.55 Å². The summed E-state index contributed by atoms with van der Waals surface area (Å²) in [6.45, 7) is 1.38. The zero-order valence-corrected chi connectivity index (χ0v) is 9.54. The van der Waals surface area contributed by atoms with Gasteiger partial charge in [-0.05, 0) is 25.1 Å². The van der Waals surface area contributed by atoms with Gasteiger partial charge in [0.15, 0.2) is 5.78 Å². The molecule has 1 aromatic heterocycles. The number of benzene rings is 1. The molecule has 0 fully saturated rings. The molecule has 1 unspecified atom stereocenters. The molecule has 0 radical (unpaired) electrons. The molecule has 0 amide bonds. The van der Waals surface area contributed by atoms with Crippen LogP contribution in [0.5, 0.6) is 0 Å². The van der Waals surface area contributed by atoms with Crippen molar-refractivity contribution in [1.29, 1.82) is 0 Å². The summed E-state index contributed by atoms with van der Waals surface area (Å²) in [4.78, 5) is 26.7. The summed E-state index contributed by atoms with van der Waals surface area (Å²) in [5.41, 5.74) is 1.98. The van der Waals surface area contributed by atoms with Gasteiger partial charge in [0.25, 0.3) is 0 Å². The molecule has 0 spiro atoms. The number of carbonyl (C=O) groups is 2. The number of imidazole rings is 1. The molecule has 0 aliphatic carbocycles. The smallest absolute Gasteiger partial charge is 0.314 e. The number of nitrogens with zero attached hydrogens (tertiary/aromatic N) is 2. The second-order valence-electron chi connectivity index (χ2n) is 3.98. The first-order chi connectivity index (χ1) is 8.00. The standard InChI is InChI=1S/C12H12N2O3/c1-7(12(16)17)11(15)8-3-4-10-9(5-8)13-6-14(10)2/h3-7H,1-2H3,(H,16,17). The molecule has 0 aliphatic rings. The molecule has 1 heterocycles. The van der Waals surface area contributed by atoms with Crippen molar-refractivity contribution in [2.45, 2.75) is 6.92 Å². The fourth-order valence-corrected chi connectivity index (χ4v) is 1.65. The first-order valence-corrected chi connectivity index (χ1v) is 5.19. The second kappa shape index (κ2) is 4.01. The average molecular weight is 232 g/mol. The van der Waals surface area contributed by atoms with Gasteiger partial charge in [0.05, 0.1) is 17.4 Å². The lowest BCUT2D eigenvalue weighted by atomic mass is 9.99. The number of rotatable bonds is 3. The predicted octanol–water partition coefficient (Wildman–Crippen LogP) is 1.48. The van der Waals surface area contributed by atoms with E-state index in [-0.39, 0.29) is 0 Å². The van der Waals surface area contributed by atoms with Crippen LogP contribution in [0.3, 0.4) is 0 Å². The third-order valence-electron chi connectivity index (χ3n) is 2.77. The highest BCUT2D eigenvalue weighted by atomic mass is 16.4. The molecule has 17 heavy (non-hydrogen) atoms. The van der Waals surface area contributed by atoms with E-state index in [1.165, 1.54) is 6.92 Å². The van der Waals surface area contributed by atoms with Gasteiger partial charge >= 0.3 is 5.97 Å². The topological polar surface area (TPSA) is 72.2 Å². The number of carboxylic acid groups (broad SMARTS) is 1. The quantitative estimate of drug-likeness (QED) is 0.642. The van der Waals surface area contributed by atoms with Crippen LogP contribution in [-0.4, -0.2) is 26.4 Å². The lowest BCUT2D eigenvalue weighted by molar-refractivity contribution is -0.139. The maximum Gasteiger partial charge on any atom is 0.314 e. The van der Waals surface area contributed by atoms with Crippen LogP contribution in [0.2, 0.25) is 0 Å². The minimum absolute atomic E-state index is 0.381.